The van der Waals surface area contributed by atoms with Crippen molar-refractivity contribution in [2.75, 3.05) is 26.2 Å². The van der Waals surface area contributed by atoms with E-state index in [1.807, 2.05) is 70.5 Å². The normalized spacial score (nSPS) is 18.2. The monoisotopic (exact) mass is 354 g/mol. The Morgan fingerprint density at radius 3 is 1.23 bits per heavy atom. The van der Waals surface area contributed by atoms with E-state index in [9.17, 15) is 19.8 Å². The van der Waals surface area contributed by atoms with Crippen LogP contribution in [0.1, 0.15) is 23.2 Å². The molecular weight excluding hydrogens is 332 g/mol. The molecule has 6 nitrogen and oxygen atoms in total. The number of hydrogen-bond acceptors (Lipinski definition) is 4. The second kappa shape index (κ2) is 8.12. The number of benzene rings is 2. The summed E-state index contributed by atoms with van der Waals surface area (Å²) in [6.07, 6.45) is 0. The van der Waals surface area contributed by atoms with Crippen molar-refractivity contribution in [2.45, 2.75) is 12.1 Å². The highest BCUT2D eigenvalue weighted by atomic mass is 16.4. The van der Waals surface area contributed by atoms with Gasteiger partial charge >= 0.3 is 11.9 Å². The van der Waals surface area contributed by atoms with E-state index in [0.29, 0.717) is 26.2 Å². The van der Waals surface area contributed by atoms with Crippen molar-refractivity contribution in [3.63, 3.8) is 0 Å². The van der Waals surface area contributed by atoms with E-state index in [1.165, 1.54) is 0 Å². The Labute approximate surface area is 152 Å². The standard InChI is InChI=1S/C20H22N2O4/c23-19(24)17(15-7-3-1-4-8-15)21-11-13-22(14-12-21)18(20(25)26)16-9-5-2-6-10-16/h1-10,17-18H,11-14H2,(H,23,24)(H,25,26). The van der Waals surface area contributed by atoms with Gasteiger partial charge in [0.25, 0.3) is 0 Å². The topological polar surface area (TPSA) is 81.1 Å². The molecule has 26 heavy (non-hydrogen) atoms. The minimum atomic E-state index is -0.887. The average molecular weight is 354 g/mol. The van der Waals surface area contributed by atoms with Gasteiger partial charge < -0.3 is 10.2 Å². The second-order valence-electron chi connectivity index (χ2n) is 6.37. The molecule has 1 heterocycles. The molecule has 2 aromatic rings. The predicted molar refractivity (Wildman–Crippen MR) is 96.8 cm³/mol. The summed E-state index contributed by atoms with van der Waals surface area (Å²) in [6.45, 7) is 2.01. The lowest BCUT2D eigenvalue weighted by atomic mass is 10.0. The molecule has 6 heteroatoms. The Hall–Kier alpha value is -2.70. The summed E-state index contributed by atoms with van der Waals surface area (Å²) >= 11 is 0. The molecule has 0 amide bonds. The largest absolute Gasteiger partial charge is 0.480 e. The molecule has 1 aliphatic rings. The quantitative estimate of drug-likeness (QED) is 0.828. The summed E-state index contributed by atoms with van der Waals surface area (Å²) in [5.41, 5.74) is 1.48. The van der Waals surface area contributed by atoms with Crippen LogP contribution in [0.25, 0.3) is 0 Å². The Bertz CT molecular complexity index is 677. The fourth-order valence-corrected chi connectivity index (χ4v) is 3.54. The van der Waals surface area contributed by atoms with E-state index in [4.69, 9.17) is 0 Å². The lowest BCUT2D eigenvalue weighted by Crippen LogP contribution is -2.51. The Kier molecular flexibility index (Phi) is 5.65. The van der Waals surface area contributed by atoms with Gasteiger partial charge in [-0.2, -0.15) is 0 Å². The van der Waals surface area contributed by atoms with Crippen LogP contribution in [0.2, 0.25) is 0 Å². The number of piperazine rings is 1. The van der Waals surface area contributed by atoms with Crippen LogP contribution >= 0.6 is 0 Å². The van der Waals surface area contributed by atoms with E-state index >= 15 is 0 Å². The molecule has 2 atom stereocenters. The van der Waals surface area contributed by atoms with E-state index < -0.39 is 24.0 Å². The molecule has 0 aliphatic carbocycles. The van der Waals surface area contributed by atoms with Gasteiger partial charge in [-0.15, -0.1) is 0 Å². The third-order valence-corrected chi connectivity index (χ3v) is 4.78. The van der Waals surface area contributed by atoms with Crippen LogP contribution in [0.3, 0.4) is 0 Å². The summed E-state index contributed by atoms with van der Waals surface area (Å²) in [6, 6.07) is 16.9. The molecule has 2 N–H and O–H groups in total. The Morgan fingerprint density at radius 1 is 0.654 bits per heavy atom. The van der Waals surface area contributed by atoms with E-state index in [-0.39, 0.29) is 0 Å². The molecular formula is C20H22N2O4. The minimum absolute atomic E-state index is 0.502. The summed E-state index contributed by atoms with van der Waals surface area (Å²) in [4.78, 5) is 27.4. The number of aliphatic carboxylic acids is 2. The van der Waals surface area contributed by atoms with Gasteiger partial charge in [-0.05, 0) is 11.1 Å². The molecule has 0 saturated carbocycles. The van der Waals surface area contributed by atoms with Crippen LogP contribution in [0.5, 0.6) is 0 Å². The molecule has 0 aromatic heterocycles. The van der Waals surface area contributed by atoms with Gasteiger partial charge in [0.05, 0.1) is 0 Å². The van der Waals surface area contributed by atoms with Crippen molar-refractivity contribution >= 4 is 11.9 Å². The number of carboxylic acid groups (broad SMARTS) is 2. The number of carboxylic acids is 2. The average Bonchev–Trinajstić information content (AvgIpc) is 2.65. The fourth-order valence-electron chi connectivity index (χ4n) is 3.54. The zero-order valence-electron chi connectivity index (χ0n) is 14.4. The molecule has 0 spiro atoms. The lowest BCUT2D eigenvalue weighted by molar-refractivity contribution is -0.148. The van der Waals surface area contributed by atoms with Gasteiger partial charge in [-0.3, -0.25) is 19.4 Å². The van der Waals surface area contributed by atoms with Crippen molar-refractivity contribution < 1.29 is 19.8 Å². The van der Waals surface area contributed by atoms with Crippen LogP contribution in [0, 0.1) is 0 Å². The first-order chi connectivity index (χ1) is 12.6. The first-order valence-corrected chi connectivity index (χ1v) is 8.61. The van der Waals surface area contributed by atoms with Crippen LogP contribution < -0.4 is 0 Å². The van der Waals surface area contributed by atoms with Gasteiger partial charge in [0.1, 0.15) is 12.1 Å². The van der Waals surface area contributed by atoms with Crippen molar-refractivity contribution in [2.24, 2.45) is 0 Å². The van der Waals surface area contributed by atoms with Gasteiger partial charge in [0.2, 0.25) is 0 Å². The molecule has 136 valence electrons. The van der Waals surface area contributed by atoms with Gasteiger partial charge in [-0.25, -0.2) is 0 Å². The number of rotatable bonds is 6. The molecule has 3 rings (SSSR count). The highest BCUT2D eigenvalue weighted by Gasteiger charge is 2.34. The third-order valence-electron chi connectivity index (χ3n) is 4.78. The molecule has 1 fully saturated rings. The Morgan fingerprint density at radius 2 is 0.962 bits per heavy atom. The molecule has 0 radical (unpaired) electrons. The zero-order valence-corrected chi connectivity index (χ0v) is 14.4. The number of hydrogen-bond donors (Lipinski definition) is 2. The van der Waals surface area contributed by atoms with Gasteiger partial charge in [-0.1, -0.05) is 60.7 Å². The highest BCUT2D eigenvalue weighted by molar-refractivity contribution is 5.76. The molecule has 0 bridgehead atoms. The maximum absolute atomic E-state index is 11.8. The first kappa shape index (κ1) is 18.1. The van der Waals surface area contributed by atoms with Crippen LogP contribution in [0.4, 0.5) is 0 Å². The third kappa shape index (κ3) is 3.92. The molecule has 1 aliphatic heterocycles. The summed E-state index contributed by atoms with van der Waals surface area (Å²) in [7, 11) is 0. The highest BCUT2D eigenvalue weighted by Crippen LogP contribution is 2.27. The van der Waals surface area contributed by atoms with Crippen molar-refractivity contribution in [1.82, 2.24) is 9.80 Å². The van der Waals surface area contributed by atoms with E-state index in [2.05, 4.69) is 0 Å². The SMILES string of the molecule is O=C(O)C(c1ccccc1)N1CCN(C(C(=O)O)c2ccccc2)CC1. The summed E-state index contributed by atoms with van der Waals surface area (Å²) in [5, 5.41) is 19.3. The van der Waals surface area contributed by atoms with Crippen LogP contribution in [-0.2, 0) is 9.59 Å². The zero-order chi connectivity index (χ0) is 18.5. The summed E-state index contributed by atoms with van der Waals surface area (Å²) < 4.78 is 0. The van der Waals surface area contributed by atoms with Crippen molar-refractivity contribution in [1.29, 1.82) is 0 Å². The van der Waals surface area contributed by atoms with Crippen molar-refractivity contribution in [3.8, 4) is 0 Å². The predicted octanol–water partition coefficient (Wildman–Crippen LogP) is 2.26. The van der Waals surface area contributed by atoms with Gasteiger partial charge in [0.15, 0.2) is 0 Å². The van der Waals surface area contributed by atoms with Gasteiger partial charge in [0, 0.05) is 26.2 Å². The maximum Gasteiger partial charge on any atom is 0.325 e. The number of nitrogens with zero attached hydrogens (tertiary/aromatic N) is 2. The molecule has 2 unspecified atom stereocenters. The van der Waals surface area contributed by atoms with Crippen molar-refractivity contribution in [3.05, 3.63) is 71.8 Å². The molecule has 2 aromatic carbocycles. The smallest absolute Gasteiger partial charge is 0.325 e. The fraction of sp³-hybridized carbons (Fsp3) is 0.300. The molecule has 1 saturated heterocycles. The van der Waals surface area contributed by atoms with Crippen LogP contribution in [-0.4, -0.2) is 58.1 Å². The minimum Gasteiger partial charge on any atom is -0.480 e. The maximum atomic E-state index is 11.8. The van der Waals surface area contributed by atoms with E-state index in [0.717, 1.165) is 11.1 Å². The second-order valence-corrected chi connectivity index (χ2v) is 6.37. The Balaban J connectivity index is 1.73. The van der Waals surface area contributed by atoms with Crippen LogP contribution in [0.15, 0.2) is 60.7 Å². The first-order valence-electron chi connectivity index (χ1n) is 8.61. The van der Waals surface area contributed by atoms with E-state index in [1.54, 1.807) is 0 Å². The summed E-state index contributed by atoms with van der Waals surface area (Å²) in [5.74, 6) is -1.77. The lowest BCUT2D eigenvalue weighted by Gasteiger charge is -2.40. The number of carbonyl (C=O) groups is 2.